The summed E-state index contributed by atoms with van der Waals surface area (Å²) in [6.45, 7) is 6.42. The molecule has 0 aliphatic carbocycles. The van der Waals surface area contributed by atoms with Crippen LogP contribution in [0.15, 0.2) is 36.4 Å². The second-order valence-corrected chi connectivity index (χ2v) is 9.69. The number of hydrogen-bond donors (Lipinski definition) is 3. The fourth-order valence-corrected chi connectivity index (χ4v) is 5.41. The SMILES string of the molecule is COc1ccc2[nH]c3c(c2c1F)CC1(C)C(=O)N(CCNC(C)C)C(=O)N1C3c1cccc(O)c1. The lowest BCUT2D eigenvalue weighted by Gasteiger charge is -2.42. The van der Waals surface area contributed by atoms with E-state index in [1.807, 2.05) is 13.8 Å². The average molecular weight is 481 g/mol. The highest BCUT2D eigenvalue weighted by molar-refractivity contribution is 6.08. The molecule has 1 fully saturated rings. The zero-order valence-corrected chi connectivity index (χ0v) is 20.2. The maximum Gasteiger partial charge on any atom is 0.328 e. The fourth-order valence-electron chi connectivity index (χ4n) is 5.41. The summed E-state index contributed by atoms with van der Waals surface area (Å²) in [7, 11) is 1.41. The molecule has 9 heteroatoms. The number of phenolic OH excluding ortho intramolecular Hbond substituents is 1. The third kappa shape index (κ3) is 3.44. The molecule has 2 aliphatic rings. The Balaban J connectivity index is 1.70. The van der Waals surface area contributed by atoms with Crippen LogP contribution in [0.25, 0.3) is 10.9 Å². The van der Waals surface area contributed by atoms with E-state index < -0.39 is 23.4 Å². The lowest BCUT2D eigenvalue weighted by molar-refractivity contribution is -0.133. The van der Waals surface area contributed by atoms with E-state index >= 15 is 4.39 Å². The first-order chi connectivity index (χ1) is 16.7. The van der Waals surface area contributed by atoms with Crippen LogP contribution in [0, 0.1) is 5.82 Å². The number of methoxy groups -OCH3 is 1. The van der Waals surface area contributed by atoms with Gasteiger partial charge in [0.15, 0.2) is 11.6 Å². The normalized spacial score (nSPS) is 21.7. The predicted octanol–water partition coefficient (Wildman–Crippen LogP) is 3.69. The Hall–Kier alpha value is -3.59. The molecule has 0 bridgehead atoms. The summed E-state index contributed by atoms with van der Waals surface area (Å²) in [6, 6.07) is 8.98. The molecule has 0 radical (unpaired) electrons. The van der Waals surface area contributed by atoms with E-state index in [4.69, 9.17) is 4.74 Å². The number of amides is 3. The number of nitrogens with one attached hydrogen (secondary N) is 2. The van der Waals surface area contributed by atoms with Crippen molar-refractivity contribution >= 4 is 22.8 Å². The van der Waals surface area contributed by atoms with Gasteiger partial charge in [-0.05, 0) is 42.3 Å². The number of aromatic nitrogens is 1. The van der Waals surface area contributed by atoms with Crippen LogP contribution in [0.2, 0.25) is 0 Å². The molecular weight excluding hydrogens is 451 g/mol. The van der Waals surface area contributed by atoms with Crippen LogP contribution in [-0.4, -0.2) is 63.6 Å². The maximum absolute atomic E-state index is 15.5. The quantitative estimate of drug-likeness (QED) is 0.468. The van der Waals surface area contributed by atoms with Crippen LogP contribution in [0.3, 0.4) is 0 Å². The van der Waals surface area contributed by atoms with E-state index in [1.54, 1.807) is 48.2 Å². The second-order valence-electron chi connectivity index (χ2n) is 9.69. The Bertz CT molecular complexity index is 1340. The van der Waals surface area contributed by atoms with E-state index in [0.717, 1.165) is 0 Å². The van der Waals surface area contributed by atoms with Gasteiger partial charge in [-0.25, -0.2) is 9.18 Å². The van der Waals surface area contributed by atoms with E-state index in [2.05, 4.69) is 10.3 Å². The van der Waals surface area contributed by atoms with E-state index in [1.165, 1.54) is 12.0 Å². The molecular formula is C26H29FN4O4. The number of carbonyl (C=O) groups excluding carboxylic acids is 2. The summed E-state index contributed by atoms with van der Waals surface area (Å²) in [6.07, 6.45) is 0.153. The van der Waals surface area contributed by atoms with Gasteiger partial charge in [0.2, 0.25) is 0 Å². The van der Waals surface area contributed by atoms with E-state index in [0.29, 0.717) is 34.3 Å². The highest BCUT2D eigenvalue weighted by Crippen LogP contribution is 2.49. The highest BCUT2D eigenvalue weighted by atomic mass is 19.1. The van der Waals surface area contributed by atoms with Crippen molar-refractivity contribution in [1.29, 1.82) is 0 Å². The van der Waals surface area contributed by atoms with Gasteiger partial charge in [-0.1, -0.05) is 26.0 Å². The number of carbonyl (C=O) groups is 2. The third-order valence-corrected chi connectivity index (χ3v) is 7.02. The van der Waals surface area contributed by atoms with Crippen LogP contribution < -0.4 is 10.1 Å². The van der Waals surface area contributed by atoms with Crippen molar-refractivity contribution in [3.05, 3.63) is 59.0 Å². The molecule has 5 rings (SSSR count). The summed E-state index contributed by atoms with van der Waals surface area (Å²) < 4.78 is 20.7. The summed E-state index contributed by atoms with van der Waals surface area (Å²) in [5, 5.41) is 13.8. The van der Waals surface area contributed by atoms with Gasteiger partial charge in [0.1, 0.15) is 17.3 Å². The Morgan fingerprint density at radius 1 is 1.29 bits per heavy atom. The standard InChI is InChI=1S/C26H29FN4O4/c1-14(2)28-10-11-30-24(33)26(3)13-17-20-18(8-9-19(35-4)21(20)27)29-22(17)23(31(26)25(30)34)15-6-5-7-16(32)12-15/h5-9,12,14,23,28-29,32H,10-11,13H2,1-4H3. The number of fused-ring (bicyclic) bond motifs is 4. The second kappa shape index (κ2) is 8.27. The van der Waals surface area contributed by atoms with Crippen molar-refractivity contribution in [3.8, 4) is 11.5 Å². The minimum Gasteiger partial charge on any atom is -0.508 e. The number of H-pyrrole nitrogens is 1. The van der Waals surface area contributed by atoms with E-state index in [9.17, 15) is 14.7 Å². The van der Waals surface area contributed by atoms with E-state index in [-0.39, 0.29) is 36.4 Å². The number of aromatic hydroxyl groups is 1. The Labute approximate surface area is 202 Å². The minimum absolute atomic E-state index is 0.0382. The number of urea groups is 1. The molecule has 3 aromatic rings. The molecule has 184 valence electrons. The summed E-state index contributed by atoms with van der Waals surface area (Å²) in [4.78, 5) is 33.6. The minimum atomic E-state index is -1.22. The summed E-state index contributed by atoms with van der Waals surface area (Å²) >= 11 is 0. The summed E-state index contributed by atoms with van der Waals surface area (Å²) in [5.74, 6) is -0.683. The van der Waals surface area contributed by atoms with Crippen molar-refractivity contribution in [2.24, 2.45) is 0 Å². The van der Waals surface area contributed by atoms with Crippen LogP contribution in [0.5, 0.6) is 11.5 Å². The van der Waals surface area contributed by atoms with Crippen molar-refractivity contribution in [2.45, 2.75) is 44.8 Å². The number of imide groups is 1. The number of aromatic amines is 1. The van der Waals surface area contributed by atoms with Gasteiger partial charge in [0.05, 0.1) is 7.11 Å². The van der Waals surface area contributed by atoms with Crippen molar-refractivity contribution in [3.63, 3.8) is 0 Å². The highest BCUT2D eigenvalue weighted by Gasteiger charge is 2.60. The molecule has 1 aromatic heterocycles. The average Bonchev–Trinajstić information content (AvgIpc) is 3.26. The Morgan fingerprint density at radius 3 is 2.74 bits per heavy atom. The predicted molar refractivity (Wildman–Crippen MR) is 129 cm³/mol. The van der Waals surface area contributed by atoms with Crippen LogP contribution in [-0.2, 0) is 11.2 Å². The first kappa shape index (κ1) is 23.2. The number of rotatable bonds is 6. The lowest BCUT2D eigenvalue weighted by Crippen LogP contribution is -2.53. The van der Waals surface area contributed by atoms with Gasteiger partial charge < -0.3 is 20.1 Å². The Morgan fingerprint density at radius 2 is 2.06 bits per heavy atom. The lowest BCUT2D eigenvalue weighted by atomic mass is 9.81. The molecule has 3 heterocycles. The summed E-state index contributed by atoms with van der Waals surface area (Å²) in [5.41, 5.74) is 1.22. The molecule has 2 atom stereocenters. The number of ether oxygens (including phenoxy) is 1. The molecule has 2 aromatic carbocycles. The van der Waals surface area contributed by atoms with Gasteiger partial charge in [-0.2, -0.15) is 0 Å². The number of phenols is 1. The van der Waals surface area contributed by atoms with Gasteiger partial charge in [0, 0.05) is 42.1 Å². The molecule has 1 saturated heterocycles. The molecule has 2 unspecified atom stereocenters. The molecule has 35 heavy (non-hydrogen) atoms. The smallest absolute Gasteiger partial charge is 0.328 e. The number of hydrogen-bond acceptors (Lipinski definition) is 5. The van der Waals surface area contributed by atoms with Crippen LogP contribution in [0.1, 0.15) is 43.6 Å². The van der Waals surface area contributed by atoms with Gasteiger partial charge >= 0.3 is 6.03 Å². The number of benzene rings is 2. The van der Waals surface area contributed by atoms with Crippen LogP contribution in [0.4, 0.5) is 9.18 Å². The van der Waals surface area contributed by atoms with Crippen molar-refractivity contribution < 1.29 is 23.8 Å². The third-order valence-electron chi connectivity index (χ3n) is 7.02. The van der Waals surface area contributed by atoms with Gasteiger partial charge in [0.25, 0.3) is 5.91 Å². The zero-order valence-electron chi connectivity index (χ0n) is 20.2. The molecule has 8 nitrogen and oxygen atoms in total. The molecule has 0 saturated carbocycles. The number of halogens is 1. The van der Waals surface area contributed by atoms with Crippen LogP contribution >= 0.6 is 0 Å². The molecule has 3 N–H and O–H groups in total. The van der Waals surface area contributed by atoms with Crippen molar-refractivity contribution in [1.82, 2.24) is 20.1 Å². The molecule has 0 spiro atoms. The number of nitrogens with zero attached hydrogens (tertiary/aromatic N) is 2. The zero-order chi connectivity index (χ0) is 25.1. The maximum atomic E-state index is 15.5. The largest absolute Gasteiger partial charge is 0.508 e. The first-order valence-corrected chi connectivity index (χ1v) is 11.7. The molecule has 2 aliphatic heterocycles. The monoisotopic (exact) mass is 480 g/mol. The van der Waals surface area contributed by atoms with Gasteiger partial charge in [-0.3, -0.25) is 14.6 Å². The first-order valence-electron chi connectivity index (χ1n) is 11.7. The van der Waals surface area contributed by atoms with Gasteiger partial charge in [-0.15, -0.1) is 0 Å². The topological polar surface area (TPSA) is 97.9 Å². The van der Waals surface area contributed by atoms with Crippen molar-refractivity contribution in [2.75, 3.05) is 20.2 Å². The molecule has 3 amide bonds. The fraction of sp³-hybridized carbons (Fsp3) is 0.385. The Kier molecular flexibility index (Phi) is 5.47.